The minimum Gasteiger partial charge on any atom is -0.487 e. The molecular weight excluding hydrogens is 282 g/mol. The molecule has 0 aliphatic rings. The average molecular weight is 294 g/mol. The Morgan fingerprint density at radius 2 is 1.94 bits per heavy atom. The van der Waals surface area contributed by atoms with Crippen molar-refractivity contribution in [2.24, 2.45) is 0 Å². The third kappa shape index (κ3) is 3.42. The molecule has 2 rings (SSSR count). The summed E-state index contributed by atoms with van der Waals surface area (Å²) in [4.78, 5) is 8.39. The van der Waals surface area contributed by atoms with Gasteiger partial charge in [0.1, 0.15) is 18.2 Å². The average Bonchev–Trinajstić information content (AvgIpc) is 2.39. The molecule has 0 aliphatic heterocycles. The first-order chi connectivity index (χ1) is 8.28. The summed E-state index contributed by atoms with van der Waals surface area (Å²) in [6, 6.07) is 7.68. The van der Waals surface area contributed by atoms with Gasteiger partial charge in [-0.25, -0.2) is 4.98 Å². The maximum atomic E-state index is 5.58. The first-order valence-corrected chi connectivity index (χ1v) is 5.94. The number of nitrogens with zero attached hydrogens (tertiary/aromatic N) is 2. The van der Waals surface area contributed by atoms with Crippen LogP contribution in [0, 0.1) is 0 Å². The fourth-order valence-electron chi connectivity index (χ4n) is 1.25. The number of aromatic nitrogens is 2. The molecule has 88 valence electrons. The largest absolute Gasteiger partial charge is 0.487 e. The summed E-state index contributed by atoms with van der Waals surface area (Å²) in [5.74, 6) is 1.56. The van der Waals surface area contributed by atoms with Crippen LogP contribution in [-0.2, 0) is 6.61 Å². The SMILES string of the molecule is CNc1cnc(COc2ccc(Br)cc2)cn1. The Labute approximate surface area is 108 Å². The van der Waals surface area contributed by atoms with Crippen molar-refractivity contribution < 1.29 is 4.74 Å². The molecule has 0 radical (unpaired) electrons. The van der Waals surface area contributed by atoms with Gasteiger partial charge in [0.05, 0.1) is 18.1 Å². The van der Waals surface area contributed by atoms with Crippen LogP contribution < -0.4 is 10.1 Å². The first kappa shape index (κ1) is 11.9. The maximum absolute atomic E-state index is 5.58. The molecule has 1 aromatic carbocycles. The fourth-order valence-corrected chi connectivity index (χ4v) is 1.51. The van der Waals surface area contributed by atoms with Gasteiger partial charge in [-0.2, -0.15) is 0 Å². The predicted octanol–water partition coefficient (Wildman–Crippen LogP) is 2.86. The minimum absolute atomic E-state index is 0.415. The molecule has 0 aliphatic carbocycles. The molecule has 2 aromatic rings. The van der Waals surface area contributed by atoms with Gasteiger partial charge in [-0.3, -0.25) is 4.98 Å². The Bertz CT molecular complexity index is 470. The lowest BCUT2D eigenvalue weighted by Crippen LogP contribution is -2.00. The summed E-state index contributed by atoms with van der Waals surface area (Å²) in [5.41, 5.74) is 0.798. The topological polar surface area (TPSA) is 47.0 Å². The van der Waals surface area contributed by atoms with E-state index in [1.165, 1.54) is 0 Å². The van der Waals surface area contributed by atoms with Crippen molar-refractivity contribution in [2.75, 3.05) is 12.4 Å². The maximum Gasteiger partial charge on any atom is 0.144 e. The second-order valence-corrected chi connectivity index (χ2v) is 4.30. The Balaban J connectivity index is 1.95. The van der Waals surface area contributed by atoms with Crippen LogP contribution in [0.3, 0.4) is 0 Å². The normalized spacial score (nSPS) is 10.0. The molecule has 0 saturated carbocycles. The molecule has 0 saturated heterocycles. The van der Waals surface area contributed by atoms with E-state index in [1.807, 2.05) is 31.3 Å². The number of nitrogens with one attached hydrogen (secondary N) is 1. The van der Waals surface area contributed by atoms with Crippen LogP contribution in [0.2, 0.25) is 0 Å². The number of anilines is 1. The summed E-state index contributed by atoms with van der Waals surface area (Å²) in [6.07, 6.45) is 3.38. The van der Waals surface area contributed by atoms with E-state index in [9.17, 15) is 0 Å². The lowest BCUT2D eigenvalue weighted by molar-refractivity contribution is 0.301. The van der Waals surface area contributed by atoms with Crippen LogP contribution in [0.25, 0.3) is 0 Å². The summed E-state index contributed by atoms with van der Waals surface area (Å²) in [7, 11) is 1.81. The molecule has 4 nitrogen and oxygen atoms in total. The summed E-state index contributed by atoms with van der Waals surface area (Å²) in [6.45, 7) is 0.415. The number of halogens is 1. The highest BCUT2D eigenvalue weighted by molar-refractivity contribution is 9.10. The number of hydrogen-bond acceptors (Lipinski definition) is 4. The smallest absolute Gasteiger partial charge is 0.144 e. The Kier molecular flexibility index (Phi) is 3.93. The van der Waals surface area contributed by atoms with E-state index in [-0.39, 0.29) is 0 Å². The van der Waals surface area contributed by atoms with E-state index < -0.39 is 0 Å². The van der Waals surface area contributed by atoms with Crippen molar-refractivity contribution >= 4 is 21.7 Å². The molecule has 1 N–H and O–H groups in total. The van der Waals surface area contributed by atoms with E-state index in [0.29, 0.717) is 6.61 Å². The molecule has 0 atom stereocenters. The molecular formula is C12H12BrN3O. The fraction of sp³-hybridized carbons (Fsp3) is 0.167. The lowest BCUT2D eigenvalue weighted by Gasteiger charge is -2.06. The zero-order chi connectivity index (χ0) is 12.1. The van der Waals surface area contributed by atoms with Crippen LogP contribution in [-0.4, -0.2) is 17.0 Å². The molecule has 0 unspecified atom stereocenters. The highest BCUT2D eigenvalue weighted by Gasteiger charge is 1.98. The Hall–Kier alpha value is -1.62. The van der Waals surface area contributed by atoms with Crippen LogP contribution in [0.4, 0.5) is 5.82 Å². The quantitative estimate of drug-likeness (QED) is 0.942. The van der Waals surface area contributed by atoms with E-state index in [4.69, 9.17) is 4.74 Å². The molecule has 0 bridgehead atoms. The van der Waals surface area contributed by atoms with Crippen molar-refractivity contribution in [1.29, 1.82) is 0 Å². The number of hydrogen-bond donors (Lipinski definition) is 1. The standard InChI is InChI=1S/C12H12BrN3O/c1-14-12-7-15-10(6-16-12)8-17-11-4-2-9(13)3-5-11/h2-7H,8H2,1H3,(H,14,16). The molecule has 1 aromatic heterocycles. The monoisotopic (exact) mass is 293 g/mol. The van der Waals surface area contributed by atoms with Crippen molar-refractivity contribution in [1.82, 2.24) is 9.97 Å². The Morgan fingerprint density at radius 3 is 2.53 bits per heavy atom. The van der Waals surface area contributed by atoms with Crippen molar-refractivity contribution in [3.05, 3.63) is 46.8 Å². The van der Waals surface area contributed by atoms with E-state index >= 15 is 0 Å². The van der Waals surface area contributed by atoms with Crippen molar-refractivity contribution in [2.45, 2.75) is 6.61 Å². The number of rotatable bonds is 4. The van der Waals surface area contributed by atoms with E-state index in [2.05, 4.69) is 31.2 Å². The van der Waals surface area contributed by atoms with Crippen LogP contribution in [0.15, 0.2) is 41.1 Å². The third-order valence-corrected chi connectivity index (χ3v) is 2.69. The summed E-state index contributed by atoms with van der Waals surface area (Å²) in [5, 5.41) is 2.91. The van der Waals surface area contributed by atoms with Gasteiger partial charge in [0.2, 0.25) is 0 Å². The highest BCUT2D eigenvalue weighted by atomic mass is 79.9. The van der Waals surface area contributed by atoms with Crippen molar-refractivity contribution in [3.8, 4) is 5.75 Å². The molecule has 0 amide bonds. The van der Waals surface area contributed by atoms with Gasteiger partial charge < -0.3 is 10.1 Å². The summed E-state index contributed by atoms with van der Waals surface area (Å²) >= 11 is 3.37. The van der Waals surface area contributed by atoms with E-state index in [0.717, 1.165) is 21.7 Å². The Morgan fingerprint density at radius 1 is 1.18 bits per heavy atom. The van der Waals surface area contributed by atoms with Gasteiger partial charge in [-0.1, -0.05) is 15.9 Å². The number of ether oxygens (including phenoxy) is 1. The zero-order valence-corrected chi connectivity index (χ0v) is 10.9. The van der Waals surface area contributed by atoms with Crippen molar-refractivity contribution in [3.63, 3.8) is 0 Å². The predicted molar refractivity (Wildman–Crippen MR) is 70.1 cm³/mol. The first-order valence-electron chi connectivity index (χ1n) is 5.15. The molecule has 1 heterocycles. The molecule has 17 heavy (non-hydrogen) atoms. The summed E-state index contributed by atoms with van der Waals surface area (Å²) < 4.78 is 6.61. The van der Waals surface area contributed by atoms with Crippen LogP contribution in [0.1, 0.15) is 5.69 Å². The van der Waals surface area contributed by atoms with Gasteiger partial charge in [-0.05, 0) is 24.3 Å². The molecule has 0 fully saturated rings. The zero-order valence-electron chi connectivity index (χ0n) is 9.35. The second kappa shape index (κ2) is 5.63. The molecule has 5 heteroatoms. The lowest BCUT2D eigenvalue weighted by atomic mass is 10.3. The van der Waals surface area contributed by atoms with Gasteiger partial charge in [0, 0.05) is 11.5 Å². The minimum atomic E-state index is 0.415. The molecule has 0 spiro atoms. The highest BCUT2D eigenvalue weighted by Crippen LogP contribution is 2.16. The number of benzene rings is 1. The van der Waals surface area contributed by atoms with Gasteiger partial charge in [-0.15, -0.1) is 0 Å². The third-order valence-electron chi connectivity index (χ3n) is 2.16. The van der Waals surface area contributed by atoms with Gasteiger partial charge in [0.15, 0.2) is 0 Å². The van der Waals surface area contributed by atoms with Gasteiger partial charge >= 0.3 is 0 Å². The van der Waals surface area contributed by atoms with Gasteiger partial charge in [0.25, 0.3) is 0 Å². The van der Waals surface area contributed by atoms with Crippen LogP contribution >= 0.6 is 15.9 Å². The second-order valence-electron chi connectivity index (χ2n) is 3.39. The van der Waals surface area contributed by atoms with Crippen LogP contribution in [0.5, 0.6) is 5.75 Å². The van der Waals surface area contributed by atoms with E-state index in [1.54, 1.807) is 12.4 Å².